The monoisotopic (exact) mass is 249 g/mol. The van der Waals surface area contributed by atoms with E-state index in [1.807, 2.05) is 19.0 Å². The van der Waals surface area contributed by atoms with E-state index in [1.165, 1.54) is 12.4 Å². The van der Waals surface area contributed by atoms with E-state index in [9.17, 15) is 9.59 Å². The van der Waals surface area contributed by atoms with Gasteiger partial charge in [0.05, 0.1) is 5.56 Å². The number of carbonyl (C=O) groups excluding carboxylic acids is 2. The van der Waals surface area contributed by atoms with Crippen molar-refractivity contribution in [1.29, 1.82) is 0 Å². The molecule has 1 amide bonds. The number of nitrogens with zero attached hydrogens (tertiary/aromatic N) is 2. The fourth-order valence-corrected chi connectivity index (χ4v) is 1.50. The van der Waals surface area contributed by atoms with E-state index in [2.05, 4.69) is 10.3 Å². The minimum absolute atomic E-state index is 0.0461. The molecule has 0 aliphatic rings. The van der Waals surface area contributed by atoms with Crippen LogP contribution in [0.3, 0.4) is 0 Å². The number of nitrogens with one attached hydrogen (secondary N) is 1. The van der Waals surface area contributed by atoms with Gasteiger partial charge in [-0.05, 0) is 20.2 Å². The van der Waals surface area contributed by atoms with Gasteiger partial charge in [0.15, 0.2) is 5.78 Å². The van der Waals surface area contributed by atoms with Crippen LogP contribution in [0.1, 0.15) is 34.1 Å². The Labute approximate surface area is 107 Å². The fourth-order valence-electron chi connectivity index (χ4n) is 1.50. The predicted octanol–water partition coefficient (Wildman–Crippen LogP) is 0.966. The van der Waals surface area contributed by atoms with Crippen molar-refractivity contribution in [2.75, 3.05) is 27.2 Å². The molecule has 1 aromatic heterocycles. The number of rotatable bonds is 6. The molecule has 5 nitrogen and oxygen atoms in total. The number of hydrogen-bond donors (Lipinski definition) is 1. The van der Waals surface area contributed by atoms with Crippen LogP contribution in [0.15, 0.2) is 18.5 Å². The summed E-state index contributed by atoms with van der Waals surface area (Å²) in [6, 6.07) is 1.59. The van der Waals surface area contributed by atoms with Crippen molar-refractivity contribution in [3.05, 3.63) is 29.6 Å². The zero-order chi connectivity index (χ0) is 13.5. The summed E-state index contributed by atoms with van der Waals surface area (Å²) in [4.78, 5) is 29.5. The summed E-state index contributed by atoms with van der Waals surface area (Å²) in [5, 5.41) is 2.78. The zero-order valence-electron chi connectivity index (χ0n) is 11.1. The van der Waals surface area contributed by atoms with E-state index in [0.29, 0.717) is 24.1 Å². The largest absolute Gasteiger partial charge is 0.351 e. The molecule has 98 valence electrons. The van der Waals surface area contributed by atoms with Crippen LogP contribution in [0.2, 0.25) is 0 Å². The number of aromatic nitrogens is 1. The summed E-state index contributed by atoms with van der Waals surface area (Å²) in [5.74, 6) is -0.295. The highest BCUT2D eigenvalue weighted by atomic mass is 16.2. The Balaban J connectivity index is 2.76. The van der Waals surface area contributed by atoms with Crippen molar-refractivity contribution in [2.24, 2.45) is 0 Å². The summed E-state index contributed by atoms with van der Waals surface area (Å²) in [7, 11) is 3.87. The standard InChI is InChI=1S/C13H19N3O2/c1-4-12(17)10-5-6-14-9-11(10)13(18)15-7-8-16(2)3/h5-6,9H,4,7-8H2,1-3H3,(H,15,18). The maximum Gasteiger partial charge on any atom is 0.253 e. The molecule has 0 spiro atoms. The van der Waals surface area contributed by atoms with Crippen molar-refractivity contribution >= 4 is 11.7 Å². The molecule has 1 N–H and O–H groups in total. The quantitative estimate of drug-likeness (QED) is 0.763. The number of Topliss-reactive ketones (excluding diaryl/α,β-unsaturated/α-hetero) is 1. The van der Waals surface area contributed by atoms with Gasteiger partial charge in [-0.15, -0.1) is 0 Å². The lowest BCUT2D eigenvalue weighted by Crippen LogP contribution is -2.32. The lowest BCUT2D eigenvalue weighted by atomic mass is 10.0. The summed E-state index contributed by atoms with van der Waals surface area (Å²) in [5.41, 5.74) is 0.790. The van der Waals surface area contributed by atoms with Gasteiger partial charge in [0.1, 0.15) is 0 Å². The second-order valence-electron chi connectivity index (χ2n) is 4.26. The molecule has 0 saturated heterocycles. The van der Waals surface area contributed by atoms with Crippen molar-refractivity contribution in [3.63, 3.8) is 0 Å². The van der Waals surface area contributed by atoms with Crippen molar-refractivity contribution < 1.29 is 9.59 Å². The van der Waals surface area contributed by atoms with Crippen LogP contribution in [0.5, 0.6) is 0 Å². The Morgan fingerprint density at radius 2 is 2.06 bits per heavy atom. The normalized spacial score (nSPS) is 10.4. The SMILES string of the molecule is CCC(=O)c1ccncc1C(=O)NCCN(C)C. The van der Waals surface area contributed by atoms with Gasteiger partial charge in [-0.2, -0.15) is 0 Å². The summed E-state index contributed by atoms with van der Waals surface area (Å²) < 4.78 is 0. The van der Waals surface area contributed by atoms with Gasteiger partial charge in [-0.1, -0.05) is 6.92 Å². The van der Waals surface area contributed by atoms with Crippen LogP contribution in [0.25, 0.3) is 0 Å². The third kappa shape index (κ3) is 3.92. The Bertz CT molecular complexity index is 430. The van der Waals surface area contributed by atoms with Gasteiger partial charge < -0.3 is 10.2 Å². The van der Waals surface area contributed by atoms with Gasteiger partial charge in [0.2, 0.25) is 0 Å². The molecule has 0 aromatic carbocycles. The smallest absolute Gasteiger partial charge is 0.253 e. The third-order valence-corrected chi connectivity index (χ3v) is 2.53. The topological polar surface area (TPSA) is 62.3 Å². The minimum Gasteiger partial charge on any atom is -0.351 e. The van der Waals surface area contributed by atoms with E-state index in [4.69, 9.17) is 0 Å². The van der Waals surface area contributed by atoms with E-state index >= 15 is 0 Å². The molecular formula is C13H19N3O2. The molecule has 0 saturated carbocycles. The molecule has 18 heavy (non-hydrogen) atoms. The summed E-state index contributed by atoms with van der Waals surface area (Å²) >= 11 is 0. The van der Waals surface area contributed by atoms with Gasteiger partial charge >= 0.3 is 0 Å². The van der Waals surface area contributed by atoms with Crippen molar-refractivity contribution in [3.8, 4) is 0 Å². The van der Waals surface area contributed by atoms with Crippen LogP contribution in [0, 0.1) is 0 Å². The zero-order valence-corrected chi connectivity index (χ0v) is 11.1. The number of amides is 1. The first-order valence-electron chi connectivity index (χ1n) is 5.96. The molecule has 0 radical (unpaired) electrons. The minimum atomic E-state index is -0.248. The number of hydrogen-bond acceptors (Lipinski definition) is 4. The lowest BCUT2D eigenvalue weighted by molar-refractivity contribution is 0.0930. The van der Waals surface area contributed by atoms with E-state index in [-0.39, 0.29) is 11.7 Å². The molecule has 0 bridgehead atoms. The van der Waals surface area contributed by atoms with Crippen LogP contribution in [0.4, 0.5) is 0 Å². The van der Waals surface area contributed by atoms with E-state index in [1.54, 1.807) is 13.0 Å². The molecule has 0 atom stereocenters. The van der Waals surface area contributed by atoms with Gasteiger partial charge in [-0.25, -0.2) is 0 Å². The highest BCUT2D eigenvalue weighted by molar-refractivity contribution is 6.07. The number of carbonyl (C=O) groups is 2. The fraction of sp³-hybridized carbons (Fsp3) is 0.462. The second-order valence-corrected chi connectivity index (χ2v) is 4.26. The molecule has 1 rings (SSSR count). The lowest BCUT2D eigenvalue weighted by Gasteiger charge is -2.11. The molecule has 0 fully saturated rings. The Hall–Kier alpha value is -1.75. The average molecular weight is 249 g/mol. The van der Waals surface area contributed by atoms with Crippen molar-refractivity contribution in [1.82, 2.24) is 15.2 Å². The van der Waals surface area contributed by atoms with Gasteiger partial charge in [-0.3, -0.25) is 14.6 Å². The summed E-state index contributed by atoms with van der Waals surface area (Å²) in [6.07, 6.45) is 3.34. The highest BCUT2D eigenvalue weighted by Gasteiger charge is 2.15. The third-order valence-electron chi connectivity index (χ3n) is 2.53. The first-order chi connectivity index (χ1) is 8.56. The predicted molar refractivity (Wildman–Crippen MR) is 69.7 cm³/mol. The van der Waals surface area contributed by atoms with Crippen molar-refractivity contribution in [2.45, 2.75) is 13.3 Å². The first kappa shape index (κ1) is 14.3. The molecule has 1 aromatic rings. The van der Waals surface area contributed by atoms with Gasteiger partial charge in [0, 0.05) is 37.5 Å². The number of likely N-dealkylation sites (N-methyl/N-ethyl adjacent to an activating group) is 1. The Kier molecular flexibility index (Phi) is 5.45. The maximum absolute atomic E-state index is 11.9. The maximum atomic E-state index is 11.9. The molecule has 5 heteroatoms. The number of ketones is 1. The first-order valence-corrected chi connectivity index (χ1v) is 5.96. The number of pyridine rings is 1. The van der Waals surface area contributed by atoms with Crippen LogP contribution in [-0.2, 0) is 0 Å². The Morgan fingerprint density at radius 3 is 2.67 bits per heavy atom. The molecule has 0 aliphatic carbocycles. The van der Waals surface area contributed by atoms with Crippen LogP contribution < -0.4 is 5.32 Å². The molecular weight excluding hydrogens is 230 g/mol. The second kappa shape index (κ2) is 6.86. The van der Waals surface area contributed by atoms with Crippen LogP contribution in [-0.4, -0.2) is 48.8 Å². The van der Waals surface area contributed by atoms with E-state index in [0.717, 1.165) is 6.54 Å². The molecule has 0 aliphatic heterocycles. The summed E-state index contributed by atoms with van der Waals surface area (Å²) in [6.45, 7) is 3.07. The Morgan fingerprint density at radius 1 is 1.33 bits per heavy atom. The average Bonchev–Trinajstić information content (AvgIpc) is 2.37. The van der Waals surface area contributed by atoms with Crippen LogP contribution >= 0.6 is 0 Å². The molecule has 1 heterocycles. The molecule has 0 unspecified atom stereocenters. The highest BCUT2D eigenvalue weighted by Crippen LogP contribution is 2.09. The van der Waals surface area contributed by atoms with Gasteiger partial charge in [0.25, 0.3) is 5.91 Å². The van der Waals surface area contributed by atoms with E-state index < -0.39 is 0 Å².